The molecule has 0 aliphatic carbocycles. The normalized spacial score (nSPS) is 14.8. The SMILES string of the molecule is CCC(O)C(N)(N)C(=O)O. The van der Waals surface area contributed by atoms with Gasteiger partial charge in [0.2, 0.25) is 0 Å². The number of nitrogens with two attached hydrogens (primary N) is 2. The molecular weight excluding hydrogens is 136 g/mol. The van der Waals surface area contributed by atoms with E-state index in [4.69, 9.17) is 21.7 Å². The molecule has 0 bridgehead atoms. The molecule has 1 unspecified atom stereocenters. The van der Waals surface area contributed by atoms with Crippen molar-refractivity contribution < 1.29 is 15.0 Å². The van der Waals surface area contributed by atoms with Gasteiger partial charge in [-0.2, -0.15) is 0 Å². The van der Waals surface area contributed by atoms with Gasteiger partial charge in [0.1, 0.15) is 0 Å². The van der Waals surface area contributed by atoms with Crippen molar-refractivity contribution >= 4 is 5.97 Å². The van der Waals surface area contributed by atoms with Gasteiger partial charge in [0.15, 0.2) is 5.66 Å². The Labute approximate surface area is 58.6 Å². The van der Waals surface area contributed by atoms with Gasteiger partial charge in [0, 0.05) is 0 Å². The van der Waals surface area contributed by atoms with E-state index in [2.05, 4.69) is 0 Å². The lowest BCUT2D eigenvalue weighted by atomic mass is 10.0. The lowest BCUT2D eigenvalue weighted by molar-refractivity contribution is -0.147. The molecule has 0 radical (unpaired) electrons. The van der Waals surface area contributed by atoms with Crippen molar-refractivity contribution in [2.24, 2.45) is 11.5 Å². The second kappa shape index (κ2) is 2.96. The first-order chi connectivity index (χ1) is 4.42. The summed E-state index contributed by atoms with van der Waals surface area (Å²) in [6.45, 7) is 1.60. The van der Waals surface area contributed by atoms with Crippen molar-refractivity contribution in [2.75, 3.05) is 0 Å². The summed E-state index contributed by atoms with van der Waals surface area (Å²) in [6, 6.07) is 0. The number of hydrogen-bond donors (Lipinski definition) is 4. The molecule has 0 heterocycles. The van der Waals surface area contributed by atoms with Gasteiger partial charge in [0.05, 0.1) is 6.10 Å². The zero-order valence-electron chi connectivity index (χ0n) is 5.74. The monoisotopic (exact) mass is 148 g/mol. The molecule has 0 saturated heterocycles. The molecule has 0 amide bonds. The predicted molar refractivity (Wildman–Crippen MR) is 35.0 cm³/mol. The Bertz CT molecular complexity index is 135. The average molecular weight is 148 g/mol. The minimum absolute atomic E-state index is 0.222. The van der Waals surface area contributed by atoms with Gasteiger partial charge < -0.3 is 21.7 Å². The quantitative estimate of drug-likeness (QED) is 0.362. The molecule has 0 rings (SSSR count). The summed E-state index contributed by atoms with van der Waals surface area (Å²) in [5.74, 6) is -1.40. The summed E-state index contributed by atoms with van der Waals surface area (Å²) in [5.41, 5.74) is 8.06. The van der Waals surface area contributed by atoms with Crippen LogP contribution in [-0.4, -0.2) is 27.9 Å². The van der Waals surface area contributed by atoms with Crippen molar-refractivity contribution in [1.29, 1.82) is 0 Å². The molecule has 0 aliphatic rings. The van der Waals surface area contributed by atoms with Crippen LogP contribution in [0.3, 0.4) is 0 Å². The van der Waals surface area contributed by atoms with E-state index < -0.39 is 17.7 Å². The molecule has 0 aliphatic heterocycles. The molecule has 0 saturated carbocycles. The Kier molecular flexibility index (Phi) is 2.77. The molecule has 10 heavy (non-hydrogen) atoms. The molecule has 0 aromatic carbocycles. The van der Waals surface area contributed by atoms with Crippen LogP contribution in [0, 0.1) is 0 Å². The number of carbonyl (C=O) groups is 1. The third kappa shape index (κ3) is 1.66. The Morgan fingerprint density at radius 2 is 2.10 bits per heavy atom. The molecule has 5 nitrogen and oxygen atoms in total. The summed E-state index contributed by atoms with van der Waals surface area (Å²) in [6.07, 6.45) is -0.982. The predicted octanol–water partition coefficient (Wildman–Crippen LogP) is -1.54. The van der Waals surface area contributed by atoms with E-state index in [-0.39, 0.29) is 6.42 Å². The maximum atomic E-state index is 10.2. The van der Waals surface area contributed by atoms with Crippen LogP contribution in [0.4, 0.5) is 0 Å². The first kappa shape index (κ1) is 9.35. The highest BCUT2D eigenvalue weighted by Gasteiger charge is 2.36. The van der Waals surface area contributed by atoms with Crippen molar-refractivity contribution in [3.63, 3.8) is 0 Å². The molecule has 0 aromatic heterocycles. The van der Waals surface area contributed by atoms with Gasteiger partial charge in [-0.3, -0.25) is 0 Å². The first-order valence-electron chi connectivity index (χ1n) is 2.92. The highest BCUT2D eigenvalue weighted by atomic mass is 16.4. The van der Waals surface area contributed by atoms with Crippen LogP contribution >= 0.6 is 0 Å². The maximum Gasteiger partial charge on any atom is 0.341 e. The van der Waals surface area contributed by atoms with E-state index in [0.29, 0.717) is 0 Å². The number of aliphatic hydroxyl groups is 1. The second-order valence-corrected chi connectivity index (χ2v) is 2.16. The van der Waals surface area contributed by atoms with Crippen molar-refractivity contribution in [1.82, 2.24) is 0 Å². The minimum atomic E-state index is -2.02. The van der Waals surface area contributed by atoms with E-state index in [0.717, 1.165) is 0 Å². The molecular formula is C5H12N2O3. The van der Waals surface area contributed by atoms with Crippen LogP contribution < -0.4 is 11.5 Å². The third-order valence-corrected chi connectivity index (χ3v) is 1.31. The molecule has 6 N–H and O–H groups in total. The minimum Gasteiger partial charge on any atom is -0.479 e. The van der Waals surface area contributed by atoms with Gasteiger partial charge in [-0.1, -0.05) is 6.92 Å². The van der Waals surface area contributed by atoms with Crippen LogP contribution in [0.15, 0.2) is 0 Å². The summed E-state index contributed by atoms with van der Waals surface area (Å²) >= 11 is 0. The maximum absolute atomic E-state index is 10.2. The zero-order chi connectivity index (χ0) is 8.36. The van der Waals surface area contributed by atoms with E-state index in [1.807, 2.05) is 0 Å². The fourth-order valence-corrected chi connectivity index (χ4v) is 0.480. The Hall–Kier alpha value is -0.650. The lowest BCUT2D eigenvalue weighted by Crippen LogP contribution is -2.64. The van der Waals surface area contributed by atoms with E-state index in [1.165, 1.54) is 0 Å². The Morgan fingerprint density at radius 3 is 2.20 bits per heavy atom. The molecule has 0 spiro atoms. The van der Waals surface area contributed by atoms with Gasteiger partial charge in [0.25, 0.3) is 0 Å². The van der Waals surface area contributed by atoms with Crippen molar-refractivity contribution in [3.8, 4) is 0 Å². The fraction of sp³-hybridized carbons (Fsp3) is 0.800. The molecule has 5 heteroatoms. The van der Waals surface area contributed by atoms with Crippen molar-refractivity contribution in [3.05, 3.63) is 0 Å². The second-order valence-electron chi connectivity index (χ2n) is 2.16. The molecule has 0 fully saturated rings. The van der Waals surface area contributed by atoms with Gasteiger partial charge in [-0.15, -0.1) is 0 Å². The highest BCUT2D eigenvalue weighted by Crippen LogP contribution is 2.02. The van der Waals surface area contributed by atoms with E-state index in [1.54, 1.807) is 6.92 Å². The van der Waals surface area contributed by atoms with Crippen LogP contribution in [0.5, 0.6) is 0 Å². The summed E-state index contributed by atoms with van der Waals surface area (Å²) in [4.78, 5) is 10.2. The van der Waals surface area contributed by atoms with E-state index in [9.17, 15) is 4.79 Å². The van der Waals surface area contributed by atoms with Crippen LogP contribution in [0.1, 0.15) is 13.3 Å². The van der Waals surface area contributed by atoms with Crippen LogP contribution in [0.2, 0.25) is 0 Å². The van der Waals surface area contributed by atoms with Gasteiger partial charge >= 0.3 is 5.97 Å². The van der Waals surface area contributed by atoms with E-state index >= 15 is 0 Å². The topological polar surface area (TPSA) is 110 Å². The van der Waals surface area contributed by atoms with Gasteiger partial charge in [-0.05, 0) is 6.42 Å². The molecule has 60 valence electrons. The summed E-state index contributed by atoms with van der Waals surface area (Å²) in [7, 11) is 0. The smallest absolute Gasteiger partial charge is 0.341 e. The van der Waals surface area contributed by atoms with Gasteiger partial charge in [-0.25, -0.2) is 4.79 Å². The third-order valence-electron chi connectivity index (χ3n) is 1.31. The fourth-order valence-electron chi connectivity index (χ4n) is 0.480. The number of aliphatic hydroxyl groups excluding tert-OH is 1. The average Bonchev–Trinajstić information content (AvgIpc) is 1.86. The number of hydrogen-bond acceptors (Lipinski definition) is 4. The summed E-state index contributed by atoms with van der Waals surface area (Å²) in [5, 5.41) is 17.3. The number of aliphatic carboxylic acids is 1. The zero-order valence-corrected chi connectivity index (χ0v) is 5.74. The largest absolute Gasteiger partial charge is 0.479 e. The standard InChI is InChI=1S/C5H12N2O3/c1-2-3(8)5(6,7)4(9)10/h3,8H,2,6-7H2,1H3,(H,9,10). The summed E-state index contributed by atoms with van der Waals surface area (Å²) < 4.78 is 0. The molecule has 0 aromatic rings. The number of carboxylic acid groups (broad SMARTS) is 1. The number of carboxylic acids is 1. The Morgan fingerprint density at radius 1 is 1.70 bits per heavy atom. The number of rotatable bonds is 3. The van der Waals surface area contributed by atoms with Crippen molar-refractivity contribution in [2.45, 2.75) is 25.1 Å². The lowest BCUT2D eigenvalue weighted by Gasteiger charge is -2.23. The first-order valence-corrected chi connectivity index (χ1v) is 2.92. The van der Waals surface area contributed by atoms with Crippen LogP contribution in [0.25, 0.3) is 0 Å². The molecule has 1 atom stereocenters. The Balaban J connectivity index is 4.23. The van der Waals surface area contributed by atoms with Crippen LogP contribution in [-0.2, 0) is 4.79 Å². The highest BCUT2D eigenvalue weighted by molar-refractivity contribution is 5.78.